The van der Waals surface area contributed by atoms with E-state index in [-0.39, 0.29) is 10.8 Å². The molecule has 0 saturated carbocycles. The zero-order valence-electron chi connectivity index (χ0n) is 34.7. The van der Waals surface area contributed by atoms with Crippen molar-refractivity contribution in [3.8, 4) is 28.8 Å². The molecule has 272 valence electrons. The van der Waals surface area contributed by atoms with Crippen LogP contribution in [0.15, 0.2) is 122 Å². The maximum atomic E-state index is 8.97. The van der Waals surface area contributed by atoms with Gasteiger partial charge in [0.2, 0.25) is 0 Å². The number of hydrogen-bond donors (Lipinski definition) is 0. The van der Waals surface area contributed by atoms with E-state index in [9.17, 15) is 0 Å². The smallest absolute Gasteiger partial charge is 0.271 e. The van der Waals surface area contributed by atoms with Crippen LogP contribution in [0.2, 0.25) is 0 Å². The Morgan fingerprint density at radius 1 is 0.630 bits per heavy atom. The topological polar surface area (TPSA) is 48.8 Å². The summed E-state index contributed by atoms with van der Waals surface area (Å²) in [6, 6.07) is 36.9. The average molecular weight is 714 g/mol. The lowest BCUT2D eigenvalue weighted by Crippen LogP contribution is -2.30. The molecule has 0 N–H and O–H groups in total. The highest BCUT2D eigenvalue weighted by molar-refractivity contribution is 6.09. The maximum absolute atomic E-state index is 8.97. The molecule has 54 heavy (non-hydrogen) atoms. The Kier molecular flexibility index (Phi) is 7.90. The number of fused-ring (bicyclic) bond motifs is 4. The second-order valence-electron chi connectivity index (χ2n) is 17.3. The highest BCUT2D eigenvalue weighted by atomic mass is 16.5. The summed E-state index contributed by atoms with van der Waals surface area (Å²) < 4.78 is 30.7. The maximum Gasteiger partial charge on any atom is 0.271 e. The fraction of sp³-hybridized carbons (Fsp3) is 0.271. The Labute approximate surface area is 321 Å². The second kappa shape index (κ2) is 13.0. The Balaban J connectivity index is 1.23. The third kappa shape index (κ3) is 6.77. The molecule has 6 heteroatoms. The summed E-state index contributed by atoms with van der Waals surface area (Å²) in [7, 11) is 0. The summed E-state index contributed by atoms with van der Waals surface area (Å²) in [5.74, 6) is 2.85. The molecule has 8 rings (SSSR count). The van der Waals surface area contributed by atoms with Crippen molar-refractivity contribution in [2.45, 2.75) is 79.5 Å². The lowest BCUT2D eigenvalue weighted by molar-refractivity contribution is -0.572. The van der Waals surface area contributed by atoms with Gasteiger partial charge < -0.3 is 4.74 Å². The third-order valence-corrected chi connectivity index (χ3v) is 9.81. The number of nitrogens with zero attached hydrogens (tertiary/aromatic N) is 5. The Morgan fingerprint density at radius 2 is 1.33 bits per heavy atom. The van der Waals surface area contributed by atoms with Crippen molar-refractivity contribution in [3.05, 3.63) is 145 Å². The fourth-order valence-electron chi connectivity index (χ4n) is 7.08. The highest BCUT2D eigenvalue weighted by Crippen LogP contribution is 2.36. The van der Waals surface area contributed by atoms with Gasteiger partial charge in [0.1, 0.15) is 17.3 Å². The van der Waals surface area contributed by atoms with Crippen molar-refractivity contribution in [2.24, 2.45) is 5.41 Å². The number of rotatable bonds is 6. The van der Waals surface area contributed by atoms with E-state index in [0.717, 1.165) is 44.3 Å². The van der Waals surface area contributed by atoms with E-state index in [0.29, 0.717) is 22.9 Å². The molecular formula is C48H49N5O. The monoisotopic (exact) mass is 713 g/mol. The molecule has 0 aliphatic carbocycles. The molecule has 4 aromatic heterocycles. The standard InChI is InChI=1S/C48H49N5O/c1-46(2,3)30-32-13-12-14-35(25-32)51-31-52(43-26-33(47(4,5)6)17-20-41(43)51)44-29-37(22-24-49-44)54-36-18-19-39-38-15-10-11-16-40(38)53(42(39)28-36)45-27-34(21-23-50-45)48(7,8)9/h10-29H,30H2,1-9H3/i30D2. The molecular weight excluding hydrogens is 663 g/mol. The van der Waals surface area contributed by atoms with Crippen LogP contribution in [0.25, 0.3) is 50.2 Å². The summed E-state index contributed by atoms with van der Waals surface area (Å²) in [5.41, 5.74) is 7.11. The minimum absolute atomic E-state index is 0.0219. The zero-order valence-corrected chi connectivity index (χ0v) is 32.7. The number of pyridine rings is 2. The molecule has 8 aromatic rings. The SMILES string of the molecule is [2H]C([2H])(c1cccc(-[n+]2[c-]n(-c3cc(Oc4ccc5c6ccccc6n(-c6cc(C(C)(C)C)ccn6)c5c4)ccn3)c3cc(C(C)(C)C)ccc32)c1)C(C)(C)C. The van der Waals surface area contributed by atoms with Crippen molar-refractivity contribution >= 4 is 32.8 Å². The van der Waals surface area contributed by atoms with E-state index in [4.69, 9.17) is 17.4 Å². The summed E-state index contributed by atoms with van der Waals surface area (Å²) in [5, 5.41) is 2.28. The molecule has 0 unspecified atom stereocenters. The number of aromatic nitrogens is 5. The quantitative estimate of drug-likeness (QED) is 0.127. The van der Waals surface area contributed by atoms with Gasteiger partial charge in [-0.3, -0.25) is 18.7 Å². The minimum atomic E-state index is -1.54. The van der Waals surface area contributed by atoms with Crippen molar-refractivity contribution in [1.29, 1.82) is 0 Å². The van der Waals surface area contributed by atoms with Gasteiger partial charge in [0.05, 0.1) is 27.8 Å². The van der Waals surface area contributed by atoms with Gasteiger partial charge >= 0.3 is 0 Å². The lowest BCUT2D eigenvalue weighted by Gasteiger charge is -2.20. The molecule has 4 aromatic carbocycles. The molecule has 0 atom stereocenters. The first-order valence-corrected chi connectivity index (χ1v) is 18.7. The van der Waals surface area contributed by atoms with E-state index >= 15 is 0 Å². The lowest BCUT2D eigenvalue weighted by atomic mass is 9.87. The highest BCUT2D eigenvalue weighted by Gasteiger charge is 2.21. The molecule has 0 spiro atoms. The van der Waals surface area contributed by atoms with E-state index in [1.165, 1.54) is 11.1 Å². The first-order valence-electron chi connectivity index (χ1n) is 19.7. The van der Waals surface area contributed by atoms with Crippen LogP contribution >= 0.6 is 0 Å². The molecule has 0 amide bonds. The van der Waals surface area contributed by atoms with Gasteiger partial charge in [0.15, 0.2) is 5.82 Å². The van der Waals surface area contributed by atoms with Crippen LogP contribution in [0.4, 0.5) is 0 Å². The number of benzene rings is 4. The first kappa shape index (κ1) is 32.9. The molecule has 0 fully saturated rings. The molecule has 6 nitrogen and oxygen atoms in total. The summed E-state index contributed by atoms with van der Waals surface area (Å²) >= 11 is 0. The normalized spacial score (nSPS) is 13.4. The van der Waals surface area contributed by atoms with E-state index in [1.807, 2.05) is 78.6 Å². The van der Waals surface area contributed by atoms with E-state index in [1.54, 1.807) is 6.20 Å². The van der Waals surface area contributed by atoms with Gasteiger partial charge in [0.25, 0.3) is 6.33 Å². The number of hydrogen-bond acceptors (Lipinski definition) is 3. The number of para-hydroxylation sites is 1. The average Bonchev–Trinajstić information content (AvgIpc) is 3.70. The van der Waals surface area contributed by atoms with Crippen LogP contribution < -0.4 is 9.30 Å². The van der Waals surface area contributed by atoms with Crippen LogP contribution in [-0.2, 0) is 17.2 Å². The summed E-state index contributed by atoms with van der Waals surface area (Å²) in [4.78, 5) is 9.65. The van der Waals surface area contributed by atoms with Gasteiger partial charge in [-0.1, -0.05) is 110 Å². The van der Waals surface area contributed by atoms with Gasteiger partial charge in [-0.15, -0.1) is 0 Å². The molecule has 0 radical (unpaired) electrons. The van der Waals surface area contributed by atoms with Gasteiger partial charge in [0, 0.05) is 38.0 Å². The third-order valence-electron chi connectivity index (χ3n) is 9.81. The fourth-order valence-corrected chi connectivity index (χ4v) is 7.08. The Bertz CT molecular complexity index is 2770. The van der Waals surface area contributed by atoms with Gasteiger partial charge in [-0.05, 0) is 88.3 Å². The van der Waals surface area contributed by atoms with Crippen molar-refractivity contribution in [3.63, 3.8) is 0 Å². The van der Waals surface area contributed by atoms with Gasteiger partial charge in [-0.2, -0.15) is 0 Å². The van der Waals surface area contributed by atoms with Crippen LogP contribution in [0.1, 0.15) is 81.7 Å². The van der Waals surface area contributed by atoms with Crippen molar-refractivity contribution in [1.82, 2.24) is 19.1 Å². The zero-order chi connectivity index (χ0) is 39.8. The van der Waals surface area contributed by atoms with Crippen LogP contribution in [0.3, 0.4) is 0 Å². The minimum Gasteiger partial charge on any atom is -0.458 e. The van der Waals surface area contributed by atoms with E-state index < -0.39 is 11.8 Å². The Morgan fingerprint density at radius 3 is 2.11 bits per heavy atom. The van der Waals surface area contributed by atoms with E-state index in [2.05, 4.69) is 119 Å². The molecule has 0 aliphatic rings. The second-order valence-corrected chi connectivity index (χ2v) is 17.3. The first-order chi connectivity index (χ1) is 26.4. The Hall–Kier alpha value is -5.75. The largest absolute Gasteiger partial charge is 0.458 e. The van der Waals surface area contributed by atoms with Crippen LogP contribution in [0, 0.1) is 11.7 Å². The van der Waals surface area contributed by atoms with Crippen LogP contribution in [-0.4, -0.2) is 19.1 Å². The molecule has 0 aliphatic heterocycles. The summed E-state index contributed by atoms with van der Waals surface area (Å²) in [6.45, 7) is 19.1. The van der Waals surface area contributed by atoms with Crippen LogP contribution in [0.5, 0.6) is 11.5 Å². The number of ether oxygens (including phenoxy) is 1. The summed E-state index contributed by atoms with van der Waals surface area (Å²) in [6.07, 6.45) is 5.69. The van der Waals surface area contributed by atoms with Crippen molar-refractivity contribution < 1.29 is 12.0 Å². The predicted octanol–water partition coefficient (Wildman–Crippen LogP) is 11.6. The molecule has 0 bridgehead atoms. The molecule has 4 heterocycles. The number of imidazole rings is 1. The predicted molar refractivity (Wildman–Crippen MR) is 221 cm³/mol. The van der Waals surface area contributed by atoms with Crippen molar-refractivity contribution in [2.75, 3.05) is 0 Å². The molecule has 0 saturated heterocycles. The van der Waals surface area contributed by atoms with Gasteiger partial charge in [-0.25, -0.2) is 4.98 Å².